The van der Waals surface area contributed by atoms with Gasteiger partial charge in [0.25, 0.3) is 5.92 Å². The fourth-order valence-corrected chi connectivity index (χ4v) is 2.74. The lowest BCUT2D eigenvalue weighted by Gasteiger charge is -2.39. The Balaban J connectivity index is 2.13. The minimum Gasteiger partial charge on any atom is -0.432 e. The third-order valence-corrected chi connectivity index (χ3v) is 5.10. The van der Waals surface area contributed by atoms with Crippen molar-refractivity contribution in [3.8, 4) is 0 Å². The van der Waals surface area contributed by atoms with Crippen LogP contribution in [0.25, 0.3) is 0 Å². The average molecular weight is 311 g/mol. The minimum atomic E-state index is -2.73. The van der Waals surface area contributed by atoms with E-state index in [1.807, 2.05) is 13.0 Å². The first-order valence-electron chi connectivity index (χ1n) is 7.99. The van der Waals surface area contributed by atoms with Gasteiger partial charge in [0.15, 0.2) is 0 Å². The maximum atomic E-state index is 14.1. The summed E-state index contributed by atoms with van der Waals surface area (Å²) in [5.41, 5.74) is -0.854. The summed E-state index contributed by atoms with van der Waals surface area (Å²) >= 11 is 0. The summed E-state index contributed by atoms with van der Waals surface area (Å²) in [5, 5.41) is 10.1. The maximum absolute atomic E-state index is 14.1. The predicted octanol–water partition coefficient (Wildman–Crippen LogP) is 4.28. The molecule has 2 aliphatic rings. The Hall–Kier alpha value is -0.675. The fraction of sp³-hybridized carbons (Fsp3) is 0.765. The molecule has 0 aromatic rings. The lowest BCUT2D eigenvalue weighted by molar-refractivity contribution is -0.0910. The van der Waals surface area contributed by atoms with Crippen LogP contribution in [0.4, 0.5) is 8.78 Å². The van der Waals surface area contributed by atoms with Crippen LogP contribution in [-0.2, 0) is 4.65 Å². The molecule has 2 aliphatic carbocycles. The molecule has 2 unspecified atom stereocenters. The van der Waals surface area contributed by atoms with Crippen LogP contribution < -0.4 is 0 Å². The number of hydrogen-bond donors (Lipinski definition) is 1. The standard InChI is InChI=1S/C17H26BF2O2/c1-11-9-12-7-6-8-17(19,20)13(12)10-14(11)18-22-16(4,5)15(2,3)21/h9-11,14,21H,6-8H2,1-5H3. The van der Waals surface area contributed by atoms with Gasteiger partial charge in [-0.05, 0) is 57.8 Å². The molecule has 2 nitrogen and oxygen atoms in total. The van der Waals surface area contributed by atoms with E-state index in [4.69, 9.17) is 4.65 Å². The summed E-state index contributed by atoms with van der Waals surface area (Å²) in [6, 6.07) is 0. The minimum absolute atomic E-state index is 0.0761. The van der Waals surface area contributed by atoms with E-state index >= 15 is 0 Å². The zero-order valence-electron chi connectivity index (χ0n) is 14.1. The predicted molar refractivity (Wildman–Crippen MR) is 85.1 cm³/mol. The van der Waals surface area contributed by atoms with Crippen molar-refractivity contribution < 1.29 is 18.5 Å². The van der Waals surface area contributed by atoms with Crippen LogP contribution in [-0.4, -0.2) is 29.7 Å². The van der Waals surface area contributed by atoms with Gasteiger partial charge in [0.2, 0.25) is 0 Å². The van der Waals surface area contributed by atoms with E-state index in [-0.39, 0.29) is 23.7 Å². The molecule has 0 amide bonds. The van der Waals surface area contributed by atoms with Crippen molar-refractivity contribution in [3.63, 3.8) is 0 Å². The molecule has 22 heavy (non-hydrogen) atoms. The fourth-order valence-electron chi connectivity index (χ4n) is 2.74. The van der Waals surface area contributed by atoms with Gasteiger partial charge in [0, 0.05) is 12.0 Å². The molecule has 1 fully saturated rings. The Morgan fingerprint density at radius 1 is 1.27 bits per heavy atom. The highest BCUT2D eigenvalue weighted by molar-refractivity contribution is 6.31. The summed E-state index contributed by atoms with van der Waals surface area (Å²) in [6.45, 7) is 8.95. The monoisotopic (exact) mass is 311 g/mol. The Labute approximate surface area is 132 Å². The Kier molecular flexibility index (Phi) is 4.62. The van der Waals surface area contributed by atoms with Gasteiger partial charge in [-0.1, -0.05) is 19.1 Å². The van der Waals surface area contributed by atoms with Crippen LogP contribution in [0.5, 0.6) is 0 Å². The van der Waals surface area contributed by atoms with Crippen molar-refractivity contribution in [2.45, 2.75) is 76.8 Å². The SMILES string of the molecule is CC1C=C2CCCC(F)(F)C2=CC1[B]OC(C)(C)C(C)(C)O. The second kappa shape index (κ2) is 5.75. The molecule has 0 aromatic carbocycles. The van der Waals surface area contributed by atoms with E-state index in [2.05, 4.69) is 0 Å². The number of hydrogen-bond acceptors (Lipinski definition) is 2. The van der Waals surface area contributed by atoms with Crippen molar-refractivity contribution in [2.24, 2.45) is 5.92 Å². The molecule has 0 bridgehead atoms. The van der Waals surface area contributed by atoms with Crippen LogP contribution in [0, 0.1) is 5.92 Å². The maximum Gasteiger partial charge on any atom is 0.301 e. The van der Waals surface area contributed by atoms with Crippen LogP contribution >= 0.6 is 0 Å². The zero-order valence-corrected chi connectivity index (χ0v) is 14.1. The molecule has 0 saturated heterocycles. The Bertz CT molecular complexity index is 489. The number of alkyl halides is 2. The van der Waals surface area contributed by atoms with Crippen molar-refractivity contribution in [1.29, 1.82) is 0 Å². The zero-order chi connectivity index (χ0) is 16.8. The topological polar surface area (TPSA) is 29.5 Å². The van der Waals surface area contributed by atoms with Gasteiger partial charge in [-0.3, -0.25) is 0 Å². The lowest BCUT2D eigenvalue weighted by atomic mass is 9.64. The third kappa shape index (κ3) is 3.46. The summed E-state index contributed by atoms with van der Waals surface area (Å²) in [5.74, 6) is -2.82. The average Bonchev–Trinajstić information content (AvgIpc) is 2.35. The van der Waals surface area contributed by atoms with E-state index in [0.29, 0.717) is 6.42 Å². The molecule has 1 N–H and O–H groups in total. The van der Waals surface area contributed by atoms with Crippen molar-refractivity contribution in [1.82, 2.24) is 0 Å². The highest BCUT2D eigenvalue weighted by Gasteiger charge is 2.42. The summed E-state index contributed by atoms with van der Waals surface area (Å²) in [7, 11) is 1.60. The molecule has 0 aromatic heterocycles. The van der Waals surface area contributed by atoms with E-state index in [9.17, 15) is 13.9 Å². The molecule has 123 valence electrons. The first-order valence-corrected chi connectivity index (χ1v) is 7.99. The molecule has 0 spiro atoms. The molecular formula is C17H26BF2O2. The third-order valence-electron chi connectivity index (χ3n) is 5.10. The van der Waals surface area contributed by atoms with Gasteiger partial charge < -0.3 is 9.76 Å². The molecular weight excluding hydrogens is 285 g/mol. The van der Waals surface area contributed by atoms with E-state index in [1.165, 1.54) is 0 Å². The second-order valence-electron chi connectivity index (χ2n) is 7.59. The van der Waals surface area contributed by atoms with E-state index < -0.39 is 17.1 Å². The van der Waals surface area contributed by atoms with Gasteiger partial charge in [0.1, 0.15) is 0 Å². The van der Waals surface area contributed by atoms with Crippen LogP contribution in [0.15, 0.2) is 23.3 Å². The largest absolute Gasteiger partial charge is 0.432 e. The molecule has 0 heterocycles. The Morgan fingerprint density at radius 2 is 1.91 bits per heavy atom. The molecule has 2 atom stereocenters. The highest BCUT2D eigenvalue weighted by Crippen LogP contribution is 2.46. The van der Waals surface area contributed by atoms with E-state index in [1.54, 1.807) is 41.3 Å². The molecule has 1 saturated carbocycles. The van der Waals surface area contributed by atoms with Gasteiger partial charge in [0.05, 0.1) is 11.2 Å². The summed E-state index contributed by atoms with van der Waals surface area (Å²) in [4.78, 5) is 0. The molecule has 0 aliphatic heterocycles. The normalized spacial score (nSPS) is 28.5. The van der Waals surface area contributed by atoms with Crippen molar-refractivity contribution in [2.75, 3.05) is 0 Å². The van der Waals surface area contributed by atoms with Gasteiger partial charge in [-0.2, -0.15) is 0 Å². The number of fused-ring (bicyclic) bond motifs is 1. The molecule has 5 heteroatoms. The van der Waals surface area contributed by atoms with Gasteiger partial charge >= 0.3 is 7.48 Å². The quantitative estimate of drug-likeness (QED) is 0.785. The number of allylic oxidation sites excluding steroid dienone is 4. The first kappa shape index (κ1) is 17.7. The van der Waals surface area contributed by atoms with Crippen LogP contribution in [0.3, 0.4) is 0 Å². The van der Waals surface area contributed by atoms with Gasteiger partial charge in [-0.25, -0.2) is 8.78 Å². The van der Waals surface area contributed by atoms with Crippen LogP contribution in [0.2, 0.25) is 5.82 Å². The number of aliphatic hydroxyl groups is 1. The van der Waals surface area contributed by atoms with Crippen molar-refractivity contribution >= 4 is 7.48 Å². The number of halogens is 2. The first-order chi connectivity index (χ1) is 9.94. The smallest absolute Gasteiger partial charge is 0.301 e. The van der Waals surface area contributed by atoms with Crippen LogP contribution in [0.1, 0.15) is 53.9 Å². The highest BCUT2D eigenvalue weighted by atomic mass is 19.3. The molecule has 2 rings (SSSR count). The molecule has 1 radical (unpaired) electrons. The summed E-state index contributed by atoms with van der Waals surface area (Å²) in [6.07, 6.45) is 4.80. The van der Waals surface area contributed by atoms with E-state index in [0.717, 1.165) is 12.0 Å². The summed E-state index contributed by atoms with van der Waals surface area (Å²) < 4.78 is 34.0. The second-order valence-corrected chi connectivity index (χ2v) is 7.59. The van der Waals surface area contributed by atoms with Gasteiger partial charge in [-0.15, -0.1) is 0 Å². The van der Waals surface area contributed by atoms with Crippen molar-refractivity contribution in [3.05, 3.63) is 23.3 Å². The lowest BCUT2D eigenvalue weighted by Crippen LogP contribution is -2.48. The number of rotatable bonds is 4. The Morgan fingerprint density at radius 3 is 2.50 bits per heavy atom.